The van der Waals surface area contributed by atoms with Crippen LogP contribution in [0.5, 0.6) is 11.5 Å². The Labute approximate surface area is 361 Å². The molecule has 1 fully saturated rings. The minimum atomic E-state index is -1.41. The number of amides is 1. The lowest BCUT2D eigenvalue weighted by Crippen LogP contribution is -2.70. The van der Waals surface area contributed by atoms with E-state index in [4.69, 9.17) is 28.9 Å². The van der Waals surface area contributed by atoms with Crippen LogP contribution in [0.3, 0.4) is 0 Å². The Morgan fingerprint density at radius 2 is 1.74 bits per heavy atom. The summed E-state index contributed by atoms with van der Waals surface area (Å²) in [5, 5.41) is 24.8. The molecular formula is C50H65FN2O8. The van der Waals surface area contributed by atoms with E-state index in [0.717, 1.165) is 42.4 Å². The Morgan fingerprint density at radius 3 is 2.44 bits per heavy atom. The number of ether oxygens (including phenoxy) is 4. The van der Waals surface area contributed by atoms with Gasteiger partial charge in [0, 0.05) is 43.2 Å². The van der Waals surface area contributed by atoms with Gasteiger partial charge in [0.1, 0.15) is 36.6 Å². The van der Waals surface area contributed by atoms with Crippen LogP contribution >= 0.6 is 0 Å². The highest BCUT2D eigenvalue weighted by atomic mass is 19.1. The van der Waals surface area contributed by atoms with Crippen molar-refractivity contribution in [3.05, 3.63) is 120 Å². The van der Waals surface area contributed by atoms with Gasteiger partial charge in [0.25, 0.3) is 0 Å². The zero-order valence-corrected chi connectivity index (χ0v) is 36.4. The van der Waals surface area contributed by atoms with Gasteiger partial charge in [-0.05, 0) is 84.8 Å². The number of aliphatic hydroxyl groups excluding tert-OH is 2. The molecule has 1 heterocycles. The Bertz CT molecular complexity index is 1960. The van der Waals surface area contributed by atoms with Crippen molar-refractivity contribution in [2.24, 2.45) is 28.3 Å². The van der Waals surface area contributed by atoms with E-state index in [1.807, 2.05) is 76.2 Å². The molecule has 11 heteroatoms. The molecule has 0 aromatic heterocycles. The predicted octanol–water partition coefficient (Wildman–Crippen LogP) is 10.1. The first-order valence-electron chi connectivity index (χ1n) is 22.1. The van der Waals surface area contributed by atoms with Crippen molar-refractivity contribution in [3.63, 3.8) is 0 Å². The minimum Gasteiger partial charge on any atom is -0.489 e. The molecule has 0 saturated heterocycles. The quantitative estimate of drug-likeness (QED) is 0.0618. The minimum absolute atomic E-state index is 0.0351. The van der Waals surface area contributed by atoms with Crippen molar-refractivity contribution in [1.82, 2.24) is 4.90 Å². The normalized spacial score (nSPS) is 23.6. The first kappa shape index (κ1) is 45.8. The molecular weight excluding hydrogens is 776 g/mol. The summed E-state index contributed by atoms with van der Waals surface area (Å²) in [4.78, 5) is 22.4. The summed E-state index contributed by atoms with van der Waals surface area (Å²) in [5.41, 5.74) is 3.72. The molecule has 1 saturated carbocycles. The van der Waals surface area contributed by atoms with Crippen LogP contribution in [0.25, 0.3) is 0 Å². The molecule has 3 aromatic rings. The van der Waals surface area contributed by atoms with E-state index in [9.17, 15) is 19.4 Å². The van der Waals surface area contributed by atoms with Crippen LogP contribution in [0.4, 0.5) is 9.18 Å². The van der Waals surface area contributed by atoms with E-state index < -0.39 is 23.8 Å². The van der Waals surface area contributed by atoms with Crippen molar-refractivity contribution in [2.75, 3.05) is 33.0 Å². The zero-order chi connectivity index (χ0) is 43.4. The third-order valence-electron chi connectivity index (χ3n) is 11.9. The van der Waals surface area contributed by atoms with Crippen LogP contribution in [0.2, 0.25) is 0 Å². The number of aliphatic hydroxyl groups is 2. The van der Waals surface area contributed by atoms with E-state index in [1.165, 1.54) is 6.07 Å². The van der Waals surface area contributed by atoms with Crippen LogP contribution < -0.4 is 9.47 Å². The van der Waals surface area contributed by atoms with E-state index in [1.54, 1.807) is 29.2 Å². The van der Waals surface area contributed by atoms with Gasteiger partial charge in [-0.3, -0.25) is 4.90 Å². The molecule has 10 nitrogen and oxygen atoms in total. The molecule has 3 aromatic carbocycles. The monoisotopic (exact) mass is 840 g/mol. The van der Waals surface area contributed by atoms with E-state index in [2.05, 4.69) is 12.7 Å². The first-order valence-corrected chi connectivity index (χ1v) is 22.1. The zero-order valence-electron chi connectivity index (χ0n) is 36.4. The van der Waals surface area contributed by atoms with E-state index in [0.29, 0.717) is 48.6 Å². The molecule has 1 amide bonds. The predicted molar refractivity (Wildman–Crippen MR) is 235 cm³/mol. The lowest BCUT2D eigenvalue weighted by molar-refractivity contribution is -0.255. The Balaban J connectivity index is 1.55. The Kier molecular flexibility index (Phi) is 16.1. The molecule has 61 heavy (non-hydrogen) atoms. The van der Waals surface area contributed by atoms with Gasteiger partial charge < -0.3 is 34.0 Å². The molecule has 3 aliphatic rings. The fraction of sp³-hybridized carbons (Fsp3) is 0.520. The second kappa shape index (κ2) is 21.4. The lowest BCUT2D eigenvalue weighted by Gasteiger charge is -2.60. The number of carbonyl (C=O) groups excluding carboxylic acids is 1. The number of nitrogens with zero attached hydrogens (tertiary/aromatic N) is 2. The molecule has 0 radical (unpaired) electrons. The smallest absolute Gasteiger partial charge is 0.410 e. The molecule has 2 aliphatic carbocycles. The maximum absolute atomic E-state index is 14.8. The highest BCUT2D eigenvalue weighted by Crippen LogP contribution is 2.62. The number of benzene rings is 3. The van der Waals surface area contributed by atoms with Gasteiger partial charge in [-0.1, -0.05) is 106 Å². The second-order valence-corrected chi connectivity index (χ2v) is 17.7. The van der Waals surface area contributed by atoms with Crippen molar-refractivity contribution in [3.8, 4) is 11.5 Å². The van der Waals surface area contributed by atoms with Gasteiger partial charge >= 0.3 is 6.09 Å². The molecule has 2 N–H and O–H groups in total. The van der Waals surface area contributed by atoms with Gasteiger partial charge in [0.05, 0.1) is 24.8 Å². The SMILES string of the molecule is C=CCO[C@@]12Oc3ccc(OCc4ccccc4F)cc3[C@H]3[C@H](CCCCO)[C@@H](CCCCO)C=C(C(=NOCc4ccccc4)C[C@@H]1N(CCC)C(=O)OCC(C)(C)C)[C@H]32. The van der Waals surface area contributed by atoms with Crippen LogP contribution in [0.1, 0.15) is 102 Å². The number of fused-ring (bicyclic) bond motifs is 2. The summed E-state index contributed by atoms with van der Waals surface area (Å²) in [6, 6.07) is 21.5. The number of carbonyl (C=O) groups is 1. The largest absolute Gasteiger partial charge is 0.489 e. The molecule has 330 valence electrons. The molecule has 0 bridgehead atoms. The van der Waals surface area contributed by atoms with E-state index in [-0.39, 0.29) is 75.0 Å². The maximum Gasteiger partial charge on any atom is 0.410 e. The number of oxime groups is 1. The second-order valence-electron chi connectivity index (χ2n) is 17.7. The standard InChI is InChI=1S/C50H65FN2O8/c1-6-25-53(48(56)58-34-49(3,4)5)45-31-43(52-60-32-35-17-9-8-10-18-35)40-29-36(19-13-15-26-54)39(21-14-16-27-55)46-41-30-38(57-33-37-20-11-12-22-42(37)51)23-24-44(41)61-50(45,47(40)46)59-28-7-2/h7-12,17-18,20,22-24,29-30,36,39,45-47,54-55H,2,6,13-16,19,21,25-28,31-34H2,1,3-5H3/t36-,39+,45-,46+,47+,50+/m0/s1. The summed E-state index contributed by atoms with van der Waals surface area (Å²) in [7, 11) is 0. The fourth-order valence-corrected chi connectivity index (χ4v) is 9.25. The van der Waals surface area contributed by atoms with Gasteiger partial charge in [-0.15, -0.1) is 6.58 Å². The molecule has 6 atom stereocenters. The number of rotatable bonds is 21. The van der Waals surface area contributed by atoms with Crippen molar-refractivity contribution >= 4 is 11.8 Å². The average Bonchev–Trinajstić information content (AvgIpc) is 3.25. The fourth-order valence-electron chi connectivity index (χ4n) is 9.25. The summed E-state index contributed by atoms with van der Waals surface area (Å²) in [6.07, 6.45) is 9.02. The van der Waals surface area contributed by atoms with Gasteiger partial charge in [-0.25, -0.2) is 9.18 Å². The Morgan fingerprint density at radius 1 is 1.00 bits per heavy atom. The van der Waals surface area contributed by atoms with Crippen LogP contribution in [0, 0.1) is 29.0 Å². The summed E-state index contributed by atoms with van der Waals surface area (Å²) >= 11 is 0. The number of halogens is 1. The maximum atomic E-state index is 14.8. The molecule has 6 rings (SSSR count). The van der Waals surface area contributed by atoms with E-state index >= 15 is 0 Å². The third-order valence-corrected chi connectivity index (χ3v) is 11.9. The van der Waals surface area contributed by atoms with Crippen LogP contribution in [-0.4, -0.2) is 71.7 Å². The number of unbranched alkanes of at least 4 members (excludes halogenated alkanes) is 2. The van der Waals surface area contributed by atoms with Crippen molar-refractivity contribution < 1.29 is 43.2 Å². The molecule has 0 unspecified atom stereocenters. The van der Waals surface area contributed by atoms with Gasteiger partial charge in [0.2, 0.25) is 5.79 Å². The molecule has 0 spiro atoms. The van der Waals surface area contributed by atoms with Crippen molar-refractivity contribution in [1.29, 1.82) is 0 Å². The molecule has 1 aliphatic heterocycles. The van der Waals surface area contributed by atoms with Crippen molar-refractivity contribution in [2.45, 2.75) is 110 Å². The van der Waals surface area contributed by atoms with Crippen LogP contribution in [0.15, 0.2) is 102 Å². The summed E-state index contributed by atoms with van der Waals surface area (Å²) in [5.74, 6) is -1.19. The number of hydrogen-bond donors (Lipinski definition) is 2. The Hall–Kier alpha value is -4.71. The first-order chi connectivity index (χ1) is 29.5. The summed E-state index contributed by atoms with van der Waals surface area (Å²) < 4.78 is 41.5. The van der Waals surface area contributed by atoms with Gasteiger partial charge in [-0.2, -0.15) is 0 Å². The highest BCUT2D eigenvalue weighted by Gasteiger charge is 2.65. The third kappa shape index (κ3) is 11.0. The number of hydrogen-bond acceptors (Lipinski definition) is 9. The summed E-state index contributed by atoms with van der Waals surface area (Å²) in [6.45, 7) is 13.4. The lowest BCUT2D eigenvalue weighted by atomic mass is 9.55. The number of allylic oxidation sites excluding steroid dienone is 1. The highest BCUT2D eigenvalue weighted by molar-refractivity contribution is 6.03. The average molecular weight is 841 g/mol. The van der Waals surface area contributed by atoms with Crippen LogP contribution in [-0.2, 0) is 27.5 Å². The van der Waals surface area contributed by atoms with Gasteiger partial charge in [0.15, 0.2) is 0 Å². The topological polar surface area (TPSA) is 119 Å².